The van der Waals surface area contributed by atoms with E-state index in [0.717, 1.165) is 46.1 Å². The lowest BCUT2D eigenvalue weighted by Gasteiger charge is -2.12. The minimum Gasteiger partial charge on any atom is -0.308 e. The summed E-state index contributed by atoms with van der Waals surface area (Å²) in [4.78, 5) is 26.3. The van der Waals surface area contributed by atoms with Crippen LogP contribution in [0.1, 0.15) is 10.4 Å². The van der Waals surface area contributed by atoms with Crippen LogP contribution in [0.2, 0.25) is 0 Å². The molecule has 0 radical (unpaired) electrons. The maximum atomic E-state index is 12.7. The van der Waals surface area contributed by atoms with Gasteiger partial charge >= 0.3 is 0 Å². The molecule has 0 saturated heterocycles. The second-order valence-electron chi connectivity index (χ2n) is 6.96. The third kappa shape index (κ3) is 6.40. The first-order valence-corrected chi connectivity index (χ1v) is 13.6. The van der Waals surface area contributed by atoms with Gasteiger partial charge in [-0.25, -0.2) is 26.1 Å². The number of sulfone groups is 1. The number of nitro benzene ring substituents is 1. The van der Waals surface area contributed by atoms with Gasteiger partial charge in [0.05, 0.1) is 20.9 Å². The molecule has 0 atom stereocenters. The number of anilines is 1. The SMILES string of the molecule is CN(C)S(=O)(=O)c1ccc(C(=O)NC(=S)Nc2ncc(S(=O)(=O)c3ccc([N+](=O)[O-])cc3)s2)cc1.Cl. The molecule has 2 aromatic carbocycles. The van der Waals surface area contributed by atoms with Crippen LogP contribution in [0.25, 0.3) is 0 Å². The standard InChI is InChI=1S/C19H17N5O7S4.ClH/c1-23(2)35(30,31)15-7-3-12(4-8-15)17(25)21-18(32)22-19-20-11-16(33-19)34(28,29)14-9-5-13(6-10-14)24(26)27;/h3-11H,1-2H3,(H2,20,21,22,25,32);1H. The molecule has 0 fully saturated rings. The van der Waals surface area contributed by atoms with Crippen molar-refractivity contribution < 1.29 is 26.6 Å². The Balaban J connectivity index is 0.00000456. The second-order valence-corrected chi connectivity index (χ2v) is 12.7. The minimum atomic E-state index is -3.97. The molecule has 0 aliphatic rings. The van der Waals surface area contributed by atoms with Gasteiger partial charge in [-0.05, 0) is 48.6 Å². The van der Waals surface area contributed by atoms with Crippen molar-refractivity contribution in [3.63, 3.8) is 0 Å². The number of halogens is 1. The lowest BCUT2D eigenvalue weighted by molar-refractivity contribution is -0.384. The maximum Gasteiger partial charge on any atom is 0.269 e. The summed E-state index contributed by atoms with van der Waals surface area (Å²) >= 11 is 5.82. The Hall–Kier alpha value is -3.02. The third-order valence-electron chi connectivity index (χ3n) is 4.45. The van der Waals surface area contributed by atoms with E-state index in [1.807, 2.05) is 0 Å². The molecule has 0 spiro atoms. The van der Waals surface area contributed by atoms with E-state index in [1.54, 1.807) is 0 Å². The molecule has 3 aromatic rings. The molecule has 1 aromatic heterocycles. The number of benzene rings is 2. The number of thiazole rings is 1. The summed E-state index contributed by atoms with van der Waals surface area (Å²) in [7, 11) is -4.84. The van der Waals surface area contributed by atoms with E-state index in [0.29, 0.717) is 0 Å². The lowest BCUT2D eigenvalue weighted by atomic mass is 10.2. The van der Waals surface area contributed by atoms with Crippen LogP contribution in [0.5, 0.6) is 0 Å². The predicted octanol–water partition coefficient (Wildman–Crippen LogP) is 2.68. The number of nitrogens with one attached hydrogen (secondary N) is 2. The van der Waals surface area contributed by atoms with E-state index in [4.69, 9.17) is 12.2 Å². The number of thiocarbonyl (C=S) groups is 1. The van der Waals surface area contributed by atoms with Crippen LogP contribution in [0, 0.1) is 10.1 Å². The van der Waals surface area contributed by atoms with Gasteiger partial charge in [0, 0.05) is 31.8 Å². The maximum absolute atomic E-state index is 12.7. The van der Waals surface area contributed by atoms with Gasteiger partial charge in [0.2, 0.25) is 19.9 Å². The molecule has 0 aliphatic heterocycles. The first kappa shape index (κ1) is 29.2. The summed E-state index contributed by atoms with van der Waals surface area (Å²) in [5.74, 6) is -0.619. The predicted molar refractivity (Wildman–Crippen MR) is 139 cm³/mol. The van der Waals surface area contributed by atoms with Crippen molar-refractivity contribution in [2.75, 3.05) is 19.4 Å². The molecule has 2 N–H and O–H groups in total. The van der Waals surface area contributed by atoms with Crippen LogP contribution >= 0.6 is 36.0 Å². The van der Waals surface area contributed by atoms with Crippen LogP contribution in [0.15, 0.2) is 68.7 Å². The number of hydrogen-bond donors (Lipinski definition) is 2. The van der Waals surface area contributed by atoms with E-state index in [-0.39, 0.29) is 47.9 Å². The summed E-state index contributed by atoms with van der Waals surface area (Å²) in [5, 5.41) is 15.7. The zero-order valence-electron chi connectivity index (χ0n) is 18.4. The van der Waals surface area contributed by atoms with Crippen molar-refractivity contribution in [1.82, 2.24) is 14.6 Å². The van der Waals surface area contributed by atoms with Crippen molar-refractivity contribution in [1.29, 1.82) is 0 Å². The molecule has 0 saturated carbocycles. The number of rotatable bonds is 7. The number of hydrogen-bond acceptors (Lipinski definition) is 10. The summed E-state index contributed by atoms with van der Waals surface area (Å²) in [6.07, 6.45) is 1.10. The Labute approximate surface area is 221 Å². The fraction of sp³-hybridized carbons (Fsp3) is 0.105. The summed E-state index contributed by atoms with van der Waals surface area (Å²) in [5.41, 5.74) is -0.0990. The van der Waals surface area contributed by atoms with Crippen molar-refractivity contribution in [2.45, 2.75) is 14.0 Å². The van der Waals surface area contributed by atoms with Gasteiger partial charge in [-0.2, -0.15) is 0 Å². The van der Waals surface area contributed by atoms with E-state index < -0.39 is 30.7 Å². The van der Waals surface area contributed by atoms with Crippen molar-refractivity contribution >= 4 is 77.7 Å². The molecule has 36 heavy (non-hydrogen) atoms. The van der Waals surface area contributed by atoms with Gasteiger partial charge in [-0.15, -0.1) is 12.4 Å². The van der Waals surface area contributed by atoms with Gasteiger partial charge < -0.3 is 5.32 Å². The van der Waals surface area contributed by atoms with Gasteiger partial charge in [0.15, 0.2) is 10.2 Å². The fourth-order valence-corrected chi connectivity index (χ4v) is 6.19. The van der Waals surface area contributed by atoms with Crippen LogP contribution in [-0.2, 0) is 19.9 Å². The first-order valence-electron chi connectivity index (χ1n) is 9.42. The number of carbonyl (C=O) groups is 1. The Morgan fingerprint density at radius 3 is 2.11 bits per heavy atom. The third-order valence-corrected chi connectivity index (χ3v) is 9.63. The summed E-state index contributed by atoms with van der Waals surface area (Å²) < 4.78 is 50.6. The summed E-state index contributed by atoms with van der Waals surface area (Å²) in [6, 6.07) is 9.65. The van der Waals surface area contributed by atoms with Gasteiger partial charge in [0.1, 0.15) is 4.21 Å². The average Bonchev–Trinajstić information content (AvgIpc) is 3.28. The minimum absolute atomic E-state index is 0. The molecule has 1 heterocycles. The van der Waals surface area contributed by atoms with Crippen LogP contribution in [0.3, 0.4) is 0 Å². The summed E-state index contributed by atoms with van der Waals surface area (Å²) in [6.45, 7) is 0. The molecule has 0 bridgehead atoms. The van der Waals surface area contributed by atoms with E-state index in [9.17, 15) is 31.7 Å². The molecule has 0 aliphatic carbocycles. The van der Waals surface area contributed by atoms with E-state index in [2.05, 4.69) is 15.6 Å². The molecular formula is C19H18ClN5O7S4. The van der Waals surface area contributed by atoms with Crippen LogP contribution in [0.4, 0.5) is 10.8 Å². The number of nitrogens with zero attached hydrogens (tertiary/aromatic N) is 3. The fourth-order valence-electron chi connectivity index (χ4n) is 2.60. The van der Waals surface area contributed by atoms with Crippen molar-refractivity contribution in [3.8, 4) is 0 Å². The normalized spacial score (nSPS) is 11.4. The smallest absolute Gasteiger partial charge is 0.269 e. The van der Waals surface area contributed by atoms with Crippen molar-refractivity contribution in [2.24, 2.45) is 0 Å². The number of non-ortho nitro benzene ring substituents is 1. The Morgan fingerprint density at radius 2 is 1.58 bits per heavy atom. The average molecular weight is 592 g/mol. The molecule has 192 valence electrons. The number of amides is 1. The van der Waals surface area contributed by atoms with Gasteiger partial charge in [0.25, 0.3) is 11.6 Å². The highest BCUT2D eigenvalue weighted by atomic mass is 35.5. The van der Waals surface area contributed by atoms with Crippen LogP contribution in [-0.4, -0.2) is 56.2 Å². The molecule has 17 heteroatoms. The Morgan fingerprint density at radius 1 is 1.03 bits per heavy atom. The van der Waals surface area contributed by atoms with E-state index >= 15 is 0 Å². The molecule has 12 nitrogen and oxygen atoms in total. The quantitative estimate of drug-likeness (QED) is 0.237. The molecular weight excluding hydrogens is 574 g/mol. The number of sulfonamides is 1. The monoisotopic (exact) mass is 591 g/mol. The molecule has 0 unspecified atom stereocenters. The first-order chi connectivity index (χ1) is 16.3. The molecule has 3 rings (SSSR count). The van der Waals surface area contributed by atoms with E-state index in [1.165, 1.54) is 38.4 Å². The Kier molecular flexibility index (Phi) is 9.22. The largest absolute Gasteiger partial charge is 0.308 e. The highest BCUT2D eigenvalue weighted by Gasteiger charge is 2.23. The zero-order chi connectivity index (χ0) is 26.0. The second kappa shape index (κ2) is 11.4. The highest BCUT2D eigenvalue weighted by molar-refractivity contribution is 7.93. The lowest BCUT2D eigenvalue weighted by Crippen LogP contribution is -2.34. The van der Waals surface area contributed by atoms with Gasteiger partial charge in [-0.1, -0.05) is 11.3 Å². The zero-order valence-corrected chi connectivity index (χ0v) is 22.5. The number of aromatic nitrogens is 1. The number of nitro groups is 1. The Bertz CT molecular complexity index is 1500. The number of carbonyl (C=O) groups excluding carboxylic acids is 1. The van der Waals surface area contributed by atoms with Crippen LogP contribution < -0.4 is 10.6 Å². The van der Waals surface area contributed by atoms with Gasteiger partial charge in [-0.3, -0.25) is 20.2 Å². The topological polar surface area (TPSA) is 169 Å². The van der Waals surface area contributed by atoms with Crippen molar-refractivity contribution in [3.05, 3.63) is 70.4 Å². The highest BCUT2D eigenvalue weighted by Crippen LogP contribution is 2.29. The molecule has 1 amide bonds.